The molecule has 1 aliphatic rings. The summed E-state index contributed by atoms with van der Waals surface area (Å²) in [5.74, 6) is -0.967. The Morgan fingerprint density at radius 3 is 2.52 bits per heavy atom. The number of amides is 2. The number of rotatable bonds is 8. The first-order chi connectivity index (χ1) is 14.1. The Morgan fingerprint density at radius 2 is 1.83 bits per heavy atom. The standard InChI is InChI=1S/C23H26N2O4/c1-2-9-19(17-10-4-3-5-11-17)24-21(26)16-29-23(28)18-12-6-7-13-20(18)25-15-8-14-22(25)27/h3-7,10-13,19H,2,8-9,14-16H2,1H3,(H,24,26)/t19-/m0/s1. The smallest absolute Gasteiger partial charge is 0.340 e. The molecule has 2 aromatic carbocycles. The van der Waals surface area contributed by atoms with Crippen LogP contribution in [0.4, 0.5) is 5.69 Å². The van der Waals surface area contributed by atoms with Crippen LogP contribution in [0.3, 0.4) is 0 Å². The number of ether oxygens (including phenoxy) is 1. The Balaban J connectivity index is 1.62. The van der Waals surface area contributed by atoms with Crippen molar-refractivity contribution in [1.29, 1.82) is 0 Å². The largest absolute Gasteiger partial charge is 0.452 e. The minimum absolute atomic E-state index is 0.00624. The average molecular weight is 394 g/mol. The third-order valence-corrected chi connectivity index (χ3v) is 4.94. The fraction of sp³-hybridized carbons (Fsp3) is 0.348. The first-order valence-electron chi connectivity index (χ1n) is 10.0. The van der Waals surface area contributed by atoms with Crippen molar-refractivity contribution in [1.82, 2.24) is 5.32 Å². The normalized spacial score (nSPS) is 14.5. The molecule has 1 heterocycles. The van der Waals surface area contributed by atoms with E-state index in [1.807, 2.05) is 30.3 Å². The number of anilines is 1. The van der Waals surface area contributed by atoms with Gasteiger partial charge in [0.05, 0.1) is 17.3 Å². The molecule has 6 heteroatoms. The van der Waals surface area contributed by atoms with Crippen molar-refractivity contribution < 1.29 is 19.1 Å². The van der Waals surface area contributed by atoms with E-state index in [4.69, 9.17) is 4.74 Å². The summed E-state index contributed by atoms with van der Waals surface area (Å²) < 4.78 is 5.25. The van der Waals surface area contributed by atoms with Gasteiger partial charge in [-0.2, -0.15) is 0 Å². The number of nitrogens with zero attached hydrogens (tertiary/aromatic N) is 1. The monoisotopic (exact) mass is 394 g/mol. The molecule has 0 aliphatic carbocycles. The molecule has 1 fully saturated rings. The second-order valence-electron chi connectivity index (χ2n) is 7.06. The molecular weight excluding hydrogens is 368 g/mol. The van der Waals surface area contributed by atoms with Crippen LogP contribution in [-0.4, -0.2) is 30.9 Å². The Kier molecular flexibility index (Phi) is 7.00. The molecule has 152 valence electrons. The van der Waals surface area contributed by atoms with Crippen LogP contribution in [0.1, 0.15) is 54.6 Å². The zero-order chi connectivity index (χ0) is 20.6. The van der Waals surface area contributed by atoms with E-state index in [0.717, 1.165) is 24.8 Å². The van der Waals surface area contributed by atoms with Gasteiger partial charge < -0.3 is 15.0 Å². The van der Waals surface area contributed by atoms with Crippen LogP contribution < -0.4 is 10.2 Å². The molecular formula is C23H26N2O4. The van der Waals surface area contributed by atoms with Gasteiger partial charge in [-0.05, 0) is 30.5 Å². The third kappa shape index (κ3) is 5.22. The number of para-hydroxylation sites is 1. The van der Waals surface area contributed by atoms with Crippen LogP contribution in [0.15, 0.2) is 54.6 Å². The molecule has 0 bridgehead atoms. The summed E-state index contributed by atoms with van der Waals surface area (Å²) in [7, 11) is 0. The van der Waals surface area contributed by atoms with Crippen LogP contribution in [0.5, 0.6) is 0 Å². The molecule has 1 aliphatic heterocycles. The molecule has 0 saturated carbocycles. The highest BCUT2D eigenvalue weighted by Crippen LogP contribution is 2.26. The molecule has 3 rings (SSSR count). The molecule has 0 aromatic heterocycles. The quantitative estimate of drug-likeness (QED) is 0.694. The lowest BCUT2D eigenvalue weighted by Crippen LogP contribution is -2.33. The van der Waals surface area contributed by atoms with Gasteiger partial charge >= 0.3 is 5.97 Å². The van der Waals surface area contributed by atoms with Crippen molar-refractivity contribution in [2.24, 2.45) is 0 Å². The van der Waals surface area contributed by atoms with Crippen LogP contribution in [0.25, 0.3) is 0 Å². The first-order valence-corrected chi connectivity index (χ1v) is 10.0. The molecule has 0 unspecified atom stereocenters. The number of esters is 1. The maximum absolute atomic E-state index is 12.6. The number of carbonyl (C=O) groups excluding carboxylic acids is 3. The predicted octanol–water partition coefficient (Wildman–Crippen LogP) is 3.63. The van der Waals surface area contributed by atoms with Crippen LogP contribution in [0.2, 0.25) is 0 Å². The van der Waals surface area contributed by atoms with Crippen molar-refractivity contribution >= 4 is 23.5 Å². The lowest BCUT2D eigenvalue weighted by Gasteiger charge is -2.20. The van der Waals surface area contributed by atoms with E-state index < -0.39 is 5.97 Å². The maximum atomic E-state index is 12.6. The average Bonchev–Trinajstić information content (AvgIpc) is 3.18. The van der Waals surface area contributed by atoms with Gasteiger partial charge in [0.2, 0.25) is 5.91 Å². The molecule has 2 amide bonds. The fourth-order valence-corrected chi connectivity index (χ4v) is 3.53. The topological polar surface area (TPSA) is 75.7 Å². The molecule has 1 atom stereocenters. The number of hydrogen-bond donors (Lipinski definition) is 1. The van der Waals surface area contributed by atoms with Gasteiger partial charge in [0.1, 0.15) is 0 Å². The lowest BCUT2D eigenvalue weighted by molar-refractivity contribution is -0.125. The van der Waals surface area contributed by atoms with Gasteiger partial charge in [0, 0.05) is 13.0 Å². The van der Waals surface area contributed by atoms with Gasteiger partial charge in [-0.15, -0.1) is 0 Å². The highest BCUT2D eigenvalue weighted by Gasteiger charge is 2.26. The van der Waals surface area contributed by atoms with Crippen LogP contribution in [0, 0.1) is 0 Å². The Labute approximate surface area is 170 Å². The SMILES string of the molecule is CCC[C@H](NC(=O)COC(=O)c1ccccc1N1CCCC1=O)c1ccccc1. The van der Waals surface area contributed by atoms with E-state index in [2.05, 4.69) is 12.2 Å². The van der Waals surface area contributed by atoms with Gasteiger partial charge in [-0.3, -0.25) is 9.59 Å². The van der Waals surface area contributed by atoms with E-state index in [-0.39, 0.29) is 24.5 Å². The highest BCUT2D eigenvalue weighted by atomic mass is 16.5. The minimum atomic E-state index is -0.609. The summed E-state index contributed by atoms with van der Waals surface area (Å²) >= 11 is 0. The molecule has 1 N–H and O–H groups in total. The van der Waals surface area contributed by atoms with Gasteiger partial charge in [0.25, 0.3) is 5.91 Å². The lowest BCUT2D eigenvalue weighted by atomic mass is 10.0. The van der Waals surface area contributed by atoms with Crippen molar-refractivity contribution in [2.75, 3.05) is 18.1 Å². The van der Waals surface area contributed by atoms with Crippen LogP contribution in [-0.2, 0) is 14.3 Å². The first kappa shape index (κ1) is 20.6. The van der Waals surface area contributed by atoms with Crippen LogP contribution >= 0.6 is 0 Å². The zero-order valence-electron chi connectivity index (χ0n) is 16.6. The summed E-state index contributed by atoms with van der Waals surface area (Å²) in [4.78, 5) is 38.6. The summed E-state index contributed by atoms with van der Waals surface area (Å²) in [6.45, 7) is 2.27. The molecule has 2 aromatic rings. The van der Waals surface area contributed by atoms with Crippen molar-refractivity contribution in [2.45, 2.75) is 38.6 Å². The molecule has 0 spiro atoms. The Hall–Kier alpha value is -3.15. The van der Waals surface area contributed by atoms with Gasteiger partial charge in [0.15, 0.2) is 6.61 Å². The van der Waals surface area contributed by atoms with Crippen molar-refractivity contribution in [3.05, 3.63) is 65.7 Å². The Bertz CT molecular complexity index is 866. The second kappa shape index (κ2) is 9.87. The maximum Gasteiger partial charge on any atom is 0.340 e. The van der Waals surface area contributed by atoms with E-state index in [0.29, 0.717) is 24.2 Å². The summed E-state index contributed by atoms with van der Waals surface area (Å²) in [6.07, 6.45) is 2.95. The summed E-state index contributed by atoms with van der Waals surface area (Å²) in [6, 6.07) is 16.4. The second-order valence-corrected chi connectivity index (χ2v) is 7.06. The fourth-order valence-electron chi connectivity index (χ4n) is 3.53. The predicted molar refractivity (Wildman–Crippen MR) is 111 cm³/mol. The zero-order valence-corrected chi connectivity index (χ0v) is 16.6. The molecule has 29 heavy (non-hydrogen) atoms. The molecule has 1 saturated heterocycles. The molecule has 6 nitrogen and oxygen atoms in total. The van der Waals surface area contributed by atoms with Gasteiger partial charge in [-0.25, -0.2) is 4.79 Å². The summed E-state index contributed by atoms with van der Waals surface area (Å²) in [5.41, 5.74) is 1.85. The summed E-state index contributed by atoms with van der Waals surface area (Å²) in [5, 5.41) is 2.94. The van der Waals surface area contributed by atoms with Crippen molar-refractivity contribution in [3.8, 4) is 0 Å². The number of carbonyl (C=O) groups is 3. The van der Waals surface area contributed by atoms with E-state index >= 15 is 0 Å². The Morgan fingerprint density at radius 1 is 1.10 bits per heavy atom. The molecule has 0 radical (unpaired) electrons. The van der Waals surface area contributed by atoms with Crippen molar-refractivity contribution in [3.63, 3.8) is 0 Å². The van der Waals surface area contributed by atoms with E-state index in [1.165, 1.54) is 0 Å². The van der Waals surface area contributed by atoms with Gasteiger partial charge in [-0.1, -0.05) is 55.8 Å². The minimum Gasteiger partial charge on any atom is -0.452 e. The van der Waals surface area contributed by atoms with E-state index in [1.54, 1.807) is 29.2 Å². The number of nitrogens with one attached hydrogen (secondary N) is 1. The highest BCUT2D eigenvalue weighted by molar-refractivity contribution is 6.03. The third-order valence-electron chi connectivity index (χ3n) is 4.94. The van der Waals surface area contributed by atoms with E-state index in [9.17, 15) is 14.4 Å². The number of hydrogen-bond acceptors (Lipinski definition) is 4. The number of benzene rings is 2.